The summed E-state index contributed by atoms with van der Waals surface area (Å²) < 4.78 is 13.0. The maximum Gasteiger partial charge on any atom is 0.216 e. The molecule has 0 aliphatic heterocycles. The van der Waals surface area contributed by atoms with Gasteiger partial charge in [-0.25, -0.2) is 4.98 Å². The molecule has 0 amide bonds. The van der Waals surface area contributed by atoms with E-state index in [-0.39, 0.29) is 13.0 Å². The molecule has 0 spiro atoms. The van der Waals surface area contributed by atoms with E-state index < -0.39 is 12.0 Å². The number of hydrogen-bond acceptors (Lipinski definition) is 3. The molecule has 0 radical (unpaired) electrons. The first-order chi connectivity index (χ1) is 6.13. The maximum absolute atomic E-state index is 13.0. The fourth-order valence-corrected chi connectivity index (χ4v) is 1.14. The highest BCUT2D eigenvalue weighted by atomic mass is 35.5. The first-order valence-electron chi connectivity index (χ1n) is 3.80. The SMILES string of the molecule is NC(CO)Cc1cc(Cl)cnc1F. The van der Waals surface area contributed by atoms with E-state index in [1.165, 1.54) is 12.3 Å². The van der Waals surface area contributed by atoms with Gasteiger partial charge < -0.3 is 10.8 Å². The number of aliphatic hydroxyl groups excluding tert-OH is 1. The smallest absolute Gasteiger partial charge is 0.216 e. The number of pyridine rings is 1. The third-order valence-electron chi connectivity index (χ3n) is 1.59. The molecule has 0 aliphatic carbocycles. The molecule has 3 N–H and O–H groups in total. The molecule has 0 bridgehead atoms. The quantitative estimate of drug-likeness (QED) is 0.714. The lowest BCUT2D eigenvalue weighted by molar-refractivity contribution is 0.264. The van der Waals surface area contributed by atoms with Crippen molar-refractivity contribution in [3.63, 3.8) is 0 Å². The zero-order chi connectivity index (χ0) is 9.84. The van der Waals surface area contributed by atoms with Crippen molar-refractivity contribution in [3.8, 4) is 0 Å². The van der Waals surface area contributed by atoms with E-state index in [4.69, 9.17) is 22.4 Å². The lowest BCUT2D eigenvalue weighted by atomic mass is 10.1. The third-order valence-corrected chi connectivity index (χ3v) is 1.80. The summed E-state index contributed by atoms with van der Waals surface area (Å²) in [5.74, 6) is -0.590. The van der Waals surface area contributed by atoms with E-state index in [0.29, 0.717) is 10.6 Å². The Morgan fingerprint density at radius 1 is 1.69 bits per heavy atom. The van der Waals surface area contributed by atoms with Crippen LogP contribution < -0.4 is 5.73 Å². The van der Waals surface area contributed by atoms with E-state index in [2.05, 4.69) is 4.98 Å². The minimum absolute atomic E-state index is 0.189. The van der Waals surface area contributed by atoms with E-state index in [0.717, 1.165) is 0 Å². The number of halogens is 2. The summed E-state index contributed by atoms with van der Waals surface area (Å²) in [5, 5.41) is 9.02. The second kappa shape index (κ2) is 4.50. The number of nitrogens with zero attached hydrogens (tertiary/aromatic N) is 1. The summed E-state index contributed by atoms with van der Waals surface area (Å²) in [5.41, 5.74) is 5.76. The Hall–Kier alpha value is -0.710. The molecule has 0 aliphatic rings. The second-order valence-electron chi connectivity index (χ2n) is 2.75. The van der Waals surface area contributed by atoms with Gasteiger partial charge in [-0.05, 0) is 12.5 Å². The molecule has 72 valence electrons. The van der Waals surface area contributed by atoms with Gasteiger partial charge in [0.2, 0.25) is 5.95 Å². The molecule has 0 saturated heterocycles. The molecule has 5 heteroatoms. The fraction of sp³-hybridized carbons (Fsp3) is 0.375. The molecular formula is C8H10ClFN2O. The Morgan fingerprint density at radius 2 is 2.38 bits per heavy atom. The fourth-order valence-electron chi connectivity index (χ4n) is 0.955. The molecule has 1 aromatic heterocycles. The van der Waals surface area contributed by atoms with Gasteiger partial charge in [0.15, 0.2) is 0 Å². The minimum Gasteiger partial charge on any atom is -0.395 e. The molecule has 1 unspecified atom stereocenters. The van der Waals surface area contributed by atoms with Crippen LogP contribution in [0.5, 0.6) is 0 Å². The van der Waals surface area contributed by atoms with Crippen molar-refractivity contribution in [2.45, 2.75) is 12.5 Å². The minimum atomic E-state index is -0.590. The number of hydrogen-bond donors (Lipinski definition) is 2. The number of aromatic nitrogens is 1. The predicted molar refractivity (Wildman–Crippen MR) is 48.0 cm³/mol. The Morgan fingerprint density at radius 3 is 3.00 bits per heavy atom. The predicted octanol–water partition coefficient (Wildman–Crippen LogP) is 0.736. The summed E-state index contributed by atoms with van der Waals surface area (Å²) in [7, 11) is 0. The zero-order valence-corrected chi connectivity index (χ0v) is 7.63. The number of aliphatic hydroxyl groups is 1. The number of nitrogens with two attached hydrogens (primary N) is 1. The lowest BCUT2D eigenvalue weighted by Crippen LogP contribution is -2.27. The van der Waals surface area contributed by atoms with Crippen LogP contribution in [-0.4, -0.2) is 22.7 Å². The molecular weight excluding hydrogens is 195 g/mol. The van der Waals surface area contributed by atoms with E-state index >= 15 is 0 Å². The molecule has 0 aromatic carbocycles. The van der Waals surface area contributed by atoms with Gasteiger partial charge in [0, 0.05) is 17.8 Å². The maximum atomic E-state index is 13.0. The Bertz CT molecular complexity index is 295. The van der Waals surface area contributed by atoms with Crippen molar-refractivity contribution in [3.05, 3.63) is 28.8 Å². The van der Waals surface area contributed by atoms with Crippen molar-refractivity contribution < 1.29 is 9.50 Å². The van der Waals surface area contributed by atoms with Crippen LogP contribution in [0.25, 0.3) is 0 Å². The van der Waals surface area contributed by atoms with E-state index in [1.807, 2.05) is 0 Å². The van der Waals surface area contributed by atoms with Crippen LogP contribution in [0, 0.1) is 5.95 Å². The van der Waals surface area contributed by atoms with Crippen LogP contribution in [-0.2, 0) is 6.42 Å². The number of rotatable bonds is 3. The summed E-state index contributed by atoms with van der Waals surface area (Å²) >= 11 is 5.61. The molecule has 1 rings (SSSR count). The molecule has 0 saturated carbocycles. The van der Waals surface area contributed by atoms with Crippen LogP contribution >= 0.6 is 11.6 Å². The average Bonchev–Trinajstić information content (AvgIpc) is 2.11. The van der Waals surface area contributed by atoms with E-state index in [1.54, 1.807) is 0 Å². The molecule has 1 aromatic rings. The summed E-state index contributed by atoms with van der Waals surface area (Å²) in [6, 6.07) is 0.981. The first kappa shape index (κ1) is 10.4. The zero-order valence-electron chi connectivity index (χ0n) is 6.87. The summed E-state index contributed by atoms with van der Waals surface area (Å²) in [6.45, 7) is -0.189. The van der Waals surface area contributed by atoms with Crippen molar-refractivity contribution in [2.75, 3.05) is 6.61 Å². The van der Waals surface area contributed by atoms with Gasteiger partial charge in [-0.2, -0.15) is 4.39 Å². The standard InChI is InChI=1S/C8H10ClFN2O/c9-6-1-5(2-7(11)4-13)8(10)12-3-6/h1,3,7,13H,2,4,11H2. The molecule has 0 fully saturated rings. The first-order valence-corrected chi connectivity index (χ1v) is 4.17. The summed E-state index contributed by atoms with van der Waals surface area (Å²) in [4.78, 5) is 3.43. The largest absolute Gasteiger partial charge is 0.395 e. The van der Waals surface area contributed by atoms with Crippen LogP contribution in [0.15, 0.2) is 12.3 Å². The van der Waals surface area contributed by atoms with Crippen LogP contribution in [0.2, 0.25) is 5.02 Å². The van der Waals surface area contributed by atoms with Gasteiger partial charge in [0.25, 0.3) is 0 Å². The second-order valence-corrected chi connectivity index (χ2v) is 3.19. The average molecular weight is 205 g/mol. The van der Waals surface area contributed by atoms with E-state index in [9.17, 15) is 4.39 Å². The molecule has 1 heterocycles. The molecule has 1 atom stereocenters. The van der Waals surface area contributed by atoms with Gasteiger partial charge >= 0.3 is 0 Å². The van der Waals surface area contributed by atoms with Crippen LogP contribution in [0.4, 0.5) is 4.39 Å². The van der Waals surface area contributed by atoms with Gasteiger partial charge in [-0.3, -0.25) is 0 Å². The van der Waals surface area contributed by atoms with Crippen LogP contribution in [0.3, 0.4) is 0 Å². The summed E-state index contributed by atoms with van der Waals surface area (Å²) in [6.07, 6.45) is 1.46. The topological polar surface area (TPSA) is 59.1 Å². The van der Waals surface area contributed by atoms with Crippen molar-refractivity contribution in [1.29, 1.82) is 0 Å². The monoisotopic (exact) mass is 204 g/mol. The van der Waals surface area contributed by atoms with Crippen molar-refractivity contribution >= 4 is 11.6 Å². The highest BCUT2D eigenvalue weighted by Gasteiger charge is 2.08. The highest BCUT2D eigenvalue weighted by molar-refractivity contribution is 6.30. The van der Waals surface area contributed by atoms with Gasteiger partial charge in [0.05, 0.1) is 11.6 Å². The van der Waals surface area contributed by atoms with Gasteiger partial charge in [-0.1, -0.05) is 11.6 Å². The Balaban J connectivity index is 2.81. The van der Waals surface area contributed by atoms with Crippen molar-refractivity contribution in [2.24, 2.45) is 5.73 Å². The highest BCUT2D eigenvalue weighted by Crippen LogP contribution is 2.13. The third kappa shape index (κ3) is 2.91. The Kier molecular flexibility index (Phi) is 3.59. The normalized spacial score (nSPS) is 12.9. The van der Waals surface area contributed by atoms with Gasteiger partial charge in [-0.15, -0.1) is 0 Å². The molecule has 3 nitrogen and oxygen atoms in total. The van der Waals surface area contributed by atoms with Crippen molar-refractivity contribution in [1.82, 2.24) is 4.98 Å². The van der Waals surface area contributed by atoms with Crippen LogP contribution in [0.1, 0.15) is 5.56 Å². The Labute approximate surface area is 80.3 Å². The molecule has 13 heavy (non-hydrogen) atoms. The lowest BCUT2D eigenvalue weighted by Gasteiger charge is -2.08. The van der Waals surface area contributed by atoms with Gasteiger partial charge in [0.1, 0.15) is 0 Å².